The molecule has 0 aromatic carbocycles. The largest absolute Gasteiger partial charge is 0.363 e. The molecule has 112 valence electrons. The Balaban J connectivity index is 1.69. The summed E-state index contributed by atoms with van der Waals surface area (Å²) in [7, 11) is 0. The van der Waals surface area contributed by atoms with Crippen molar-refractivity contribution >= 4 is 17.5 Å². The van der Waals surface area contributed by atoms with Crippen LogP contribution in [0.5, 0.6) is 0 Å². The van der Waals surface area contributed by atoms with Gasteiger partial charge in [-0.3, -0.25) is 9.88 Å². The van der Waals surface area contributed by atoms with Gasteiger partial charge in [0.1, 0.15) is 0 Å². The molecule has 22 heavy (non-hydrogen) atoms. The van der Waals surface area contributed by atoms with Gasteiger partial charge in [-0.1, -0.05) is 6.07 Å². The molecule has 1 fully saturated rings. The molecule has 2 unspecified atom stereocenters. The molecule has 2 atom stereocenters. The summed E-state index contributed by atoms with van der Waals surface area (Å²) < 4.78 is 0. The Labute approximate surface area is 128 Å². The molecule has 0 saturated carbocycles. The van der Waals surface area contributed by atoms with Crippen LogP contribution in [0.25, 0.3) is 0 Å². The highest BCUT2D eigenvalue weighted by molar-refractivity contribution is 5.95. The number of nitrogens with two attached hydrogens (primary N) is 1. The third-order valence-electron chi connectivity index (χ3n) is 4.49. The van der Waals surface area contributed by atoms with Crippen LogP contribution in [0.2, 0.25) is 0 Å². The van der Waals surface area contributed by atoms with Gasteiger partial charge in [-0.15, -0.1) is 0 Å². The highest BCUT2D eigenvalue weighted by Gasteiger charge is 2.44. The van der Waals surface area contributed by atoms with E-state index in [1.807, 2.05) is 24.4 Å². The quantitative estimate of drug-likeness (QED) is 0.912. The SMILES string of the molecule is NC(=O)N1c2ncccc2N2CC1CC2Cc1cccnc1. The van der Waals surface area contributed by atoms with E-state index in [1.165, 1.54) is 5.56 Å². The van der Waals surface area contributed by atoms with Gasteiger partial charge in [0.2, 0.25) is 0 Å². The number of fused-ring (bicyclic) bond motifs is 4. The Kier molecular flexibility index (Phi) is 2.96. The number of urea groups is 1. The van der Waals surface area contributed by atoms with Gasteiger partial charge in [-0.2, -0.15) is 0 Å². The molecule has 2 amide bonds. The number of anilines is 2. The average molecular weight is 295 g/mol. The van der Waals surface area contributed by atoms with Crippen LogP contribution >= 0.6 is 0 Å². The van der Waals surface area contributed by atoms with E-state index in [2.05, 4.69) is 20.9 Å². The minimum Gasteiger partial charge on any atom is -0.363 e. The minimum absolute atomic E-state index is 0.0987. The maximum absolute atomic E-state index is 11.8. The zero-order valence-corrected chi connectivity index (χ0v) is 12.1. The van der Waals surface area contributed by atoms with E-state index in [0.29, 0.717) is 11.9 Å². The fraction of sp³-hybridized carbons (Fsp3) is 0.312. The fourth-order valence-electron chi connectivity index (χ4n) is 3.61. The Morgan fingerprint density at radius 2 is 2.18 bits per heavy atom. The minimum atomic E-state index is -0.424. The second-order valence-electron chi connectivity index (χ2n) is 5.82. The first-order valence-corrected chi connectivity index (χ1v) is 7.43. The van der Waals surface area contributed by atoms with Crippen LogP contribution in [0, 0.1) is 0 Å². The molecule has 2 aromatic heterocycles. The molecule has 6 nitrogen and oxygen atoms in total. The number of hydrogen-bond donors (Lipinski definition) is 1. The van der Waals surface area contributed by atoms with Crippen molar-refractivity contribution in [2.45, 2.75) is 24.9 Å². The van der Waals surface area contributed by atoms with Gasteiger partial charge in [0.25, 0.3) is 0 Å². The fourth-order valence-corrected chi connectivity index (χ4v) is 3.61. The van der Waals surface area contributed by atoms with Gasteiger partial charge < -0.3 is 10.6 Å². The molecule has 0 radical (unpaired) electrons. The van der Waals surface area contributed by atoms with Crippen molar-refractivity contribution in [3.8, 4) is 0 Å². The van der Waals surface area contributed by atoms with E-state index >= 15 is 0 Å². The van der Waals surface area contributed by atoms with Crippen molar-refractivity contribution in [3.63, 3.8) is 0 Å². The lowest BCUT2D eigenvalue weighted by Gasteiger charge is -2.35. The zero-order valence-electron chi connectivity index (χ0n) is 12.1. The molecule has 0 spiro atoms. The molecule has 4 rings (SSSR count). The van der Waals surface area contributed by atoms with Crippen molar-refractivity contribution in [1.29, 1.82) is 0 Å². The van der Waals surface area contributed by atoms with Gasteiger partial charge in [0, 0.05) is 31.2 Å². The second kappa shape index (κ2) is 4.98. The highest BCUT2D eigenvalue weighted by Crippen LogP contribution is 2.41. The molecular weight excluding hydrogens is 278 g/mol. The summed E-state index contributed by atoms with van der Waals surface area (Å²) >= 11 is 0. The third kappa shape index (κ3) is 1.99. The maximum Gasteiger partial charge on any atom is 0.320 e. The molecule has 6 heteroatoms. The van der Waals surface area contributed by atoms with Gasteiger partial charge in [-0.25, -0.2) is 9.78 Å². The normalized spacial score (nSPS) is 22.5. The number of hydrogen-bond acceptors (Lipinski definition) is 4. The smallest absolute Gasteiger partial charge is 0.320 e. The predicted octanol–water partition coefficient (Wildman–Crippen LogP) is 1.57. The predicted molar refractivity (Wildman–Crippen MR) is 83.8 cm³/mol. The van der Waals surface area contributed by atoms with Crippen molar-refractivity contribution < 1.29 is 4.79 Å². The lowest BCUT2D eigenvalue weighted by Crippen LogP contribution is -2.49. The van der Waals surface area contributed by atoms with E-state index in [0.717, 1.165) is 25.1 Å². The van der Waals surface area contributed by atoms with E-state index in [-0.39, 0.29) is 6.04 Å². The van der Waals surface area contributed by atoms with Crippen LogP contribution in [-0.2, 0) is 6.42 Å². The van der Waals surface area contributed by atoms with Gasteiger partial charge in [0.15, 0.2) is 5.82 Å². The zero-order chi connectivity index (χ0) is 15.1. The maximum atomic E-state index is 11.8. The monoisotopic (exact) mass is 295 g/mol. The van der Waals surface area contributed by atoms with Crippen LogP contribution in [0.15, 0.2) is 42.9 Å². The first-order valence-electron chi connectivity index (χ1n) is 7.43. The van der Waals surface area contributed by atoms with Crippen molar-refractivity contribution in [1.82, 2.24) is 9.97 Å². The average Bonchev–Trinajstić information content (AvgIpc) is 2.87. The molecule has 2 aliphatic heterocycles. The molecule has 0 aliphatic carbocycles. The van der Waals surface area contributed by atoms with E-state index < -0.39 is 6.03 Å². The van der Waals surface area contributed by atoms with Crippen molar-refractivity contribution in [3.05, 3.63) is 48.4 Å². The van der Waals surface area contributed by atoms with Crippen LogP contribution in [0.1, 0.15) is 12.0 Å². The van der Waals surface area contributed by atoms with Gasteiger partial charge in [-0.05, 0) is 36.6 Å². The van der Waals surface area contributed by atoms with Gasteiger partial charge >= 0.3 is 6.03 Å². The second-order valence-corrected chi connectivity index (χ2v) is 5.82. The summed E-state index contributed by atoms with van der Waals surface area (Å²) in [6.45, 7) is 0.812. The number of aromatic nitrogens is 2. The number of rotatable bonds is 2. The number of pyridine rings is 2. The molecule has 2 N–H and O–H groups in total. The van der Waals surface area contributed by atoms with Crippen LogP contribution < -0.4 is 15.5 Å². The lowest BCUT2D eigenvalue weighted by molar-refractivity contribution is 0.251. The summed E-state index contributed by atoms with van der Waals surface area (Å²) in [5.74, 6) is 0.680. The topological polar surface area (TPSA) is 75.4 Å². The Hall–Kier alpha value is -2.63. The molecule has 1 saturated heterocycles. The van der Waals surface area contributed by atoms with Crippen molar-refractivity contribution in [2.75, 3.05) is 16.3 Å². The Morgan fingerprint density at radius 1 is 1.32 bits per heavy atom. The van der Waals surface area contributed by atoms with Gasteiger partial charge in [0.05, 0.1) is 11.7 Å². The molecule has 2 aromatic rings. The van der Waals surface area contributed by atoms with Crippen molar-refractivity contribution in [2.24, 2.45) is 5.73 Å². The van der Waals surface area contributed by atoms with Crippen LogP contribution in [0.3, 0.4) is 0 Å². The molecule has 4 heterocycles. The number of carbonyl (C=O) groups excluding carboxylic acids is 1. The summed E-state index contributed by atoms with van der Waals surface area (Å²) in [5, 5.41) is 0. The van der Waals surface area contributed by atoms with Crippen LogP contribution in [-0.4, -0.2) is 34.6 Å². The highest BCUT2D eigenvalue weighted by atomic mass is 16.2. The number of amides is 2. The van der Waals surface area contributed by atoms with E-state index in [1.54, 1.807) is 17.3 Å². The number of primary amides is 1. The first kappa shape index (κ1) is 13.1. The summed E-state index contributed by atoms with van der Waals surface area (Å²) in [6, 6.07) is 7.96. The third-order valence-corrected chi connectivity index (χ3v) is 4.49. The summed E-state index contributed by atoms with van der Waals surface area (Å²) in [6.07, 6.45) is 7.19. The number of carbonyl (C=O) groups is 1. The van der Waals surface area contributed by atoms with E-state index in [4.69, 9.17) is 5.73 Å². The van der Waals surface area contributed by atoms with E-state index in [9.17, 15) is 4.79 Å². The standard InChI is InChI=1S/C16H17N5O/c17-16(22)21-13-8-12(7-11-3-1-5-18-9-11)20(10-13)14-4-2-6-19-15(14)21/h1-6,9,12-13H,7-8,10H2,(H2,17,22). The molecule has 2 aliphatic rings. The molecule has 2 bridgehead atoms. The Morgan fingerprint density at radius 3 is 2.95 bits per heavy atom. The molecular formula is C16H17N5O. The Bertz CT molecular complexity index is 705. The summed E-state index contributed by atoms with van der Waals surface area (Å²) in [5.41, 5.74) is 7.78. The van der Waals surface area contributed by atoms with Crippen LogP contribution in [0.4, 0.5) is 16.3 Å². The first-order chi connectivity index (χ1) is 10.7. The lowest BCUT2D eigenvalue weighted by atomic mass is 10.0. The number of nitrogens with zero attached hydrogens (tertiary/aromatic N) is 4. The summed E-state index contributed by atoms with van der Waals surface area (Å²) in [4.78, 5) is 24.4.